The average Bonchev–Trinajstić information content (AvgIpc) is 2.68. The zero-order valence-corrected chi connectivity index (χ0v) is 15.7. The zero-order chi connectivity index (χ0) is 19.7. The molecule has 0 unspecified atom stereocenters. The monoisotopic (exact) mass is 374 g/mol. The van der Waals surface area contributed by atoms with Crippen LogP contribution in [0.5, 0.6) is 5.75 Å². The number of pyridine rings is 2. The molecule has 2 aromatic carbocycles. The maximum absolute atomic E-state index is 13.5. The zero-order valence-electron chi connectivity index (χ0n) is 15.7. The summed E-state index contributed by atoms with van der Waals surface area (Å²) in [5, 5.41) is 15.3. The van der Waals surface area contributed by atoms with Gasteiger partial charge in [0.15, 0.2) is 0 Å². The first-order valence-electron chi connectivity index (χ1n) is 9.11. The molecule has 0 amide bonds. The molecule has 2 aromatic heterocycles. The highest BCUT2D eigenvalue weighted by molar-refractivity contribution is 5.86. The third-order valence-corrected chi connectivity index (χ3v) is 4.76. The first-order valence-corrected chi connectivity index (χ1v) is 9.11. The van der Waals surface area contributed by atoms with Gasteiger partial charge in [0, 0.05) is 28.3 Å². The number of aromatic hydroxyl groups is 1. The van der Waals surface area contributed by atoms with Crippen molar-refractivity contribution in [2.75, 3.05) is 5.32 Å². The third-order valence-electron chi connectivity index (χ3n) is 4.76. The fraction of sp³-hybridized carbons (Fsp3) is 0.130. The van der Waals surface area contributed by atoms with E-state index in [1.165, 1.54) is 12.1 Å². The number of hydrogen-bond acceptors (Lipinski definition) is 3. The van der Waals surface area contributed by atoms with E-state index in [9.17, 15) is 9.50 Å². The molecular formula is C23H21FN3O+. The Morgan fingerprint density at radius 3 is 2.46 bits per heavy atom. The van der Waals surface area contributed by atoms with E-state index in [1.807, 2.05) is 56.3 Å². The van der Waals surface area contributed by atoms with Crippen molar-refractivity contribution >= 4 is 16.7 Å². The fourth-order valence-corrected chi connectivity index (χ4v) is 3.34. The maximum Gasteiger partial charge on any atom is 0.273 e. The number of phenols is 1. The standard InChI is InChI=1S/C23H20FN3O/c1-14-4-3-5-20(25-14)27-21(16-8-11-18(24)12-9-16)19-13-10-17-7-6-15(2)26-22(17)23(19)28/h3-13,21,28H,1-2H3,(H,25,27)/p+1/t21-/m1/s1. The van der Waals surface area contributed by atoms with Gasteiger partial charge in [-0.15, -0.1) is 0 Å². The summed E-state index contributed by atoms with van der Waals surface area (Å²) in [4.78, 5) is 7.77. The third kappa shape index (κ3) is 3.51. The molecule has 0 aliphatic carbocycles. The number of aromatic amines is 1. The van der Waals surface area contributed by atoms with Gasteiger partial charge in [-0.1, -0.05) is 30.3 Å². The fourth-order valence-electron chi connectivity index (χ4n) is 3.34. The summed E-state index contributed by atoms with van der Waals surface area (Å²) in [5.41, 5.74) is 3.89. The van der Waals surface area contributed by atoms with Crippen molar-refractivity contribution in [1.29, 1.82) is 0 Å². The average molecular weight is 374 g/mol. The number of nitrogens with zero attached hydrogens (tertiary/aromatic N) is 1. The normalized spacial score (nSPS) is 12.1. The lowest BCUT2D eigenvalue weighted by Gasteiger charge is -2.18. The molecule has 4 rings (SSSR count). The van der Waals surface area contributed by atoms with Crippen LogP contribution in [0.25, 0.3) is 10.9 Å². The molecule has 140 valence electrons. The summed E-state index contributed by atoms with van der Waals surface area (Å²) < 4.78 is 13.5. The summed E-state index contributed by atoms with van der Waals surface area (Å²) >= 11 is 0. The Bertz CT molecular complexity index is 1140. The number of aromatic nitrogens is 2. The highest BCUT2D eigenvalue weighted by Crippen LogP contribution is 2.36. The predicted octanol–water partition coefficient (Wildman–Crippen LogP) is 4.71. The minimum absolute atomic E-state index is 0.121. The molecule has 0 aliphatic heterocycles. The van der Waals surface area contributed by atoms with Gasteiger partial charge in [-0.2, -0.15) is 0 Å². The van der Waals surface area contributed by atoms with Gasteiger partial charge in [-0.05, 0) is 44.2 Å². The Morgan fingerprint density at radius 1 is 0.964 bits per heavy atom. The lowest BCUT2D eigenvalue weighted by atomic mass is 9.96. The maximum atomic E-state index is 13.5. The molecule has 0 saturated heterocycles. The Morgan fingerprint density at radius 2 is 1.71 bits per heavy atom. The van der Waals surface area contributed by atoms with Crippen molar-refractivity contribution in [2.24, 2.45) is 0 Å². The van der Waals surface area contributed by atoms with Gasteiger partial charge in [0.05, 0.1) is 5.69 Å². The van der Waals surface area contributed by atoms with Gasteiger partial charge in [0.25, 0.3) is 5.82 Å². The molecule has 0 fully saturated rings. The van der Waals surface area contributed by atoms with E-state index in [0.29, 0.717) is 11.1 Å². The lowest BCUT2D eigenvalue weighted by Crippen LogP contribution is -2.20. The lowest BCUT2D eigenvalue weighted by molar-refractivity contribution is -0.371. The van der Waals surface area contributed by atoms with E-state index >= 15 is 0 Å². The molecule has 3 N–H and O–H groups in total. The quantitative estimate of drug-likeness (QED) is 0.544. The molecule has 4 aromatic rings. The molecule has 0 aliphatic rings. The largest absolute Gasteiger partial charge is 0.505 e. The van der Waals surface area contributed by atoms with Gasteiger partial charge in [-0.3, -0.25) is 5.32 Å². The van der Waals surface area contributed by atoms with Crippen LogP contribution in [0.3, 0.4) is 0 Å². The van der Waals surface area contributed by atoms with E-state index in [1.54, 1.807) is 12.1 Å². The molecule has 28 heavy (non-hydrogen) atoms. The number of halogens is 1. The molecule has 0 spiro atoms. The van der Waals surface area contributed by atoms with Gasteiger partial charge in [-0.25, -0.2) is 14.4 Å². The van der Waals surface area contributed by atoms with Crippen LogP contribution in [-0.2, 0) is 0 Å². The summed E-state index contributed by atoms with van der Waals surface area (Å²) in [6.45, 7) is 3.86. The molecule has 5 heteroatoms. The molecule has 4 nitrogen and oxygen atoms in total. The first kappa shape index (κ1) is 17.9. The topological polar surface area (TPSA) is 59.3 Å². The Hall–Kier alpha value is -3.47. The van der Waals surface area contributed by atoms with Crippen molar-refractivity contribution in [2.45, 2.75) is 19.9 Å². The Kier molecular flexibility index (Phi) is 4.65. The number of H-pyrrole nitrogens is 1. The van der Waals surface area contributed by atoms with Crippen LogP contribution in [0.15, 0.2) is 66.7 Å². The van der Waals surface area contributed by atoms with Crippen molar-refractivity contribution in [3.63, 3.8) is 0 Å². The molecule has 1 atom stereocenters. The number of nitrogens with one attached hydrogen (secondary N) is 2. The molecular weight excluding hydrogens is 353 g/mol. The Balaban J connectivity index is 1.86. The second-order valence-corrected chi connectivity index (χ2v) is 6.90. The Labute approximate surface area is 162 Å². The van der Waals surface area contributed by atoms with E-state index < -0.39 is 0 Å². The van der Waals surface area contributed by atoms with Crippen LogP contribution >= 0.6 is 0 Å². The van der Waals surface area contributed by atoms with Crippen LogP contribution in [0.1, 0.15) is 28.6 Å². The highest BCUT2D eigenvalue weighted by atomic mass is 19.1. The number of anilines is 1. The van der Waals surface area contributed by atoms with Crippen molar-refractivity contribution in [3.05, 3.63) is 95.1 Å². The number of phenolic OH excluding ortho intramolecular Hbond substituents is 1. The van der Waals surface area contributed by atoms with Crippen LogP contribution < -0.4 is 10.3 Å². The summed E-state index contributed by atoms with van der Waals surface area (Å²) in [7, 11) is 0. The predicted molar refractivity (Wildman–Crippen MR) is 108 cm³/mol. The van der Waals surface area contributed by atoms with Gasteiger partial charge >= 0.3 is 0 Å². The van der Waals surface area contributed by atoms with Crippen LogP contribution in [0.2, 0.25) is 0 Å². The molecule has 2 heterocycles. The molecule has 0 bridgehead atoms. The SMILES string of the molecule is Cc1ccc2ccc([C@H](Nc3cccc(C)[nH+]3)c3ccc(F)cc3)c(O)c2n1. The minimum Gasteiger partial charge on any atom is -0.505 e. The van der Waals surface area contributed by atoms with E-state index in [-0.39, 0.29) is 17.6 Å². The van der Waals surface area contributed by atoms with Gasteiger partial charge in [0.1, 0.15) is 23.1 Å². The second kappa shape index (κ2) is 7.27. The molecule has 0 radical (unpaired) electrons. The summed E-state index contributed by atoms with van der Waals surface area (Å²) in [6.07, 6.45) is 0. The van der Waals surface area contributed by atoms with Crippen LogP contribution in [0.4, 0.5) is 10.2 Å². The van der Waals surface area contributed by atoms with E-state index in [0.717, 1.165) is 28.2 Å². The van der Waals surface area contributed by atoms with Crippen LogP contribution in [0, 0.1) is 19.7 Å². The van der Waals surface area contributed by atoms with E-state index in [2.05, 4.69) is 15.3 Å². The minimum atomic E-state index is -0.384. The summed E-state index contributed by atoms with van der Waals surface area (Å²) in [5.74, 6) is 0.617. The number of rotatable bonds is 4. The van der Waals surface area contributed by atoms with Crippen molar-refractivity contribution in [3.8, 4) is 5.75 Å². The van der Waals surface area contributed by atoms with Gasteiger partial charge in [0.2, 0.25) is 0 Å². The first-order chi connectivity index (χ1) is 13.5. The number of aryl methyl sites for hydroxylation is 2. The molecule has 0 saturated carbocycles. The van der Waals surface area contributed by atoms with Crippen molar-refractivity contribution < 1.29 is 14.5 Å². The second-order valence-electron chi connectivity index (χ2n) is 6.90. The summed E-state index contributed by atoms with van der Waals surface area (Å²) in [6, 6.07) is 19.4. The number of hydrogen-bond donors (Lipinski definition) is 2. The number of benzene rings is 2. The smallest absolute Gasteiger partial charge is 0.273 e. The van der Waals surface area contributed by atoms with Crippen LogP contribution in [-0.4, -0.2) is 10.1 Å². The van der Waals surface area contributed by atoms with Gasteiger partial charge < -0.3 is 5.11 Å². The van der Waals surface area contributed by atoms with E-state index in [4.69, 9.17) is 0 Å². The van der Waals surface area contributed by atoms with Crippen molar-refractivity contribution in [1.82, 2.24) is 4.98 Å². The highest BCUT2D eigenvalue weighted by Gasteiger charge is 2.24. The number of fused-ring (bicyclic) bond motifs is 1.